The minimum absolute atomic E-state index is 0.423. The van der Waals surface area contributed by atoms with Gasteiger partial charge in [0.15, 0.2) is 0 Å². The van der Waals surface area contributed by atoms with Crippen LogP contribution in [0.2, 0.25) is 0 Å². The van der Waals surface area contributed by atoms with Crippen molar-refractivity contribution >= 4 is 28.2 Å². The number of nitrogens with zero attached hydrogens (tertiary/aromatic N) is 2. The van der Waals surface area contributed by atoms with E-state index in [1.54, 1.807) is 11.8 Å². The third kappa shape index (κ3) is 5.38. The van der Waals surface area contributed by atoms with Crippen LogP contribution in [0.5, 0.6) is 5.19 Å². The van der Waals surface area contributed by atoms with Gasteiger partial charge in [0.25, 0.3) is 5.19 Å². The molecule has 2 N–H and O–H groups in total. The Morgan fingerprint density at radius 2 is 2.15 bits per heavy atom. The molecule has 6 heteroatoms. The molecule has 1 heterocycles. The van der Waals surface area contributed by atoms with Crippen LogP contribution in [-0.2, 0) is 0 Å². The largest absolute Gasteiger partial charge is 0.464 e. The molecular formula is C14H21N3OS2. The summed E-state index contributed by atoms with van der Waals surface area (Å²) >= 11 is 2.98. The zero-order valence-electron chi connectivity index (χ0n) is 12.3. The van der Waals surface area contributed by atoms with Gasteiger partial charge in [-0.1, -0.05) is 29.7 Å². The van der Waals surface area contributed by atoms with Crippen molar-refractivity contribution in [2.75, 3.05) is 18.6 Å². The highest BCUT2D eigenvalue weighted by molar-refractivity contribution is 8.02. The van der Waals surface area contributed by atoms with E-state index in [0.29, 0.717) is 16.9 Å². The standard InChI is InChI=1S/C14H21N3OS2/c1-5-10(3)11(7-8-12(6-2)19-4)9-18-14-17-16-13(15)20-14/h6-8H,5,9H2,1-4H3,(H2,15,16)/b8-7-,11-10+,12-6+. The monoisotopic (exact) mass is 311 g/mol. The van der Waals surface area contributed by atoms with Crippen LogP contribution in [0.1, 0.15) is 27.2 Å². The van der Waals surface area contributed by atoms with Crippen molar-refractivity contribution in [3.8, 4) is 5.19 Å². The van der Waals surface area contributed by atoms with Gasteiger partial charge in [0.1, 0.15) is 6.61 Å². The van der Waals surface area contributed by atoms with Crippen LogP contribution in [0.25, 0.3) is 0 Å². The van der Waals surface area contributed by atoms with Crippen LogP contribution < -0.4 is 10.5 Å². The van der Waals surface area contributed by atoms with E-state index in [2.05, 4.69) is 48.5 Å². The highest BCUT2D eigenvalue weighted by Gasteiger charge is 2.04. The van der Waals surface area contributed by atoms with E-state index < -0.39 is 0 Å². The van der Waals surface area contributed by atoms with E-state index in [9.17, 15) is 0 Å². The zero-order chi connectivity index (χ0) is 15.0. The molecule has 1 aromatic heterocycles. The molecule has 0 unspecified atom stereocenters. The number of aromatic nitrogens is 2. The molecule has 0 saturated carbocycles. The SMILES string of the molecule is C\C=C(/C=C\C(COc1nnc(N)s1)=C(\C)CC)SC. The van der Waals surface area contributed by atoms with Gasteiger partial charge >= 0.3 is 0 Å². The first kappa shape index (κ1) is 16.8. The quantitative estimate of drug-likeness (QED) is 0.770. The molecule has 0 amide bonds. The lowest BCUT2D eigenvalue weighted by molar-refractivity contribution is 0.349. The van der Waals surface area contributed by atoms with Gasteiger partial charge in [-0.25, -0.2) is 0 Å². The summed E-state index contributed by atoms with van der Waals surface area (Å²) in [5.74, 6) is 0. The van der Waals surface area contributed by atoms with Crippen LogP contribution in [-0.4, -0.2) is 23.1 Å². The molecule has 0 bridgehead atoms. The molecule has 0 aliphatic carbocycles. The number of rotatable bonds is 7. The third-order valence-corrected chi connectivity index (χ3v) is 4.33. The van der Waals surface area contributed by atoms with Gasteiger partial charge in [0, 0.05) is 4.91 Å². The Hall–Kier alpha value is -1.27. The predicted octanol–water partition coefficient (Wildman–Crippen LogP) is 4.05. The van der Waals surface area contributed by atoms with Crippen molar-refractivity contribution in [2.45, 2.75) is 27.2 Å². The summed E-state index contributed by atoms with van der Waals surface area (Å²) in [7, 11) is 0. The van der Waals surface area contributed by atoms with Crippen LogP contribution in [0.15, 0.2) is 34.3 Å². The number of anilines is 1. The summed E-state index contributed by atoms with van der Waals surface area (Å²) in [5.41, 5.74) is 8.00. The number of nitrogen functional groups attached to an aromatic ring is 1. The number of hydrogen-bond donors (Lipinski definition) is 1. The van der Waals surface area contributed by atoms with E-state index in [0.717, 1.165) is 12.0 Å². The van der Waals surface area contributed by atoms with Crippen molar-refractivity contribution in [2.24, 2.45) is 0 Å². The van der Waals surface area contributed by atoms with Gasteiger partial charge in [-0.2, -0.15) is 0 Å². The van der Waals surface area contributed by atoms with Gasteiger partial charge in [-0.05, 0) is 49.5 Å². The Morgan fingerprint density at radius 1 is 1.40 bits per heavy atom. The number of nitrogens with two attached hydrogens (primary N) is 1. The number of hydrogen-bond acceptors (Lipinski definition) is 6. The average molecular weight is 311 g/mol. The topological polar surface area (TPSA) is 61.0 Å². The number of thioether (sulfide) groups is 1. The number of allylic oxidation sites excluding steroid dienone is 3. The van der Waals surface area contributed by atoms with Crippen LogP contribution in [0.4, 0.5) is 5.13 Å². The molecule has 4 nitrogen and oxygen atoms in total. The Morgan fingerprint density at radius 3 is 2.65 bits per heavy atom. The van der Waals surface area contributed by atoms with Crippen molar-refractivity contribution in [1.29, 1.82) is 0 Å². The van der Waals surface area contributed by atoms with E-state index in [4.69, 9.17) is 10.5 Å². The molecule has 0 spiro atoms. The second-order valence-electron chi connectivity index (χ2n) is 4.08. The van der Waals surface area contributed by atoms with Gasteiger partial charge in [0.05, 0.1) is 0 Å². The summed E-state index contributed by atoms with van der Waals surface area (Å²) in [6.07, 6.45) is 9.36. The van der Waals surface area contributed by atoms with E-state index in [1.807, 2.05) is 6.92 Å². The second kappa shape index (κ2) is 8.81. The molecule has 1 rings (SSSR count). The van der Waals surface area contributed by atoms with Crippen molar-refractivity contribution in [3.63, 3.8) is 0 Å². The predicted molar refractivity (Wildman–Crippen MR) is 89.2 cm³/mol. The molecular weight excluding hydrogens is 290 g/mol. The van der Waals surface area contributed by atoms with Crippen LogP contribution in [0, 0.1) is 0 Å². The second-order valence-corrected chi connectivity index (χ2v) is 5.93. The van der Waals surface area contributed by atoms with Crippen molar-refractivity contribution in [1.82, 2.24) is 10.2 Å². The molecule has 20 heavy (non-hydrogen) atoms. The smallest absolute Gasteiger partial charge is 0.296 e. The van der Waals surface area contributed by atoms with E-state index in [-0.39, 0.29) is 0 Å². The maximum atomic E-state index is 5.64. The summed E-state index contributed by atoms with van der Waals surface area (Å²) in [6.45, 7) is 6.77. The highest BCUT2D eigenvalue weighted by atomic mass is 32.2. The highest BCUT2D eigenvalue weighted by Crippen LogP contribution is 2.21. The van der Waals surface area contributed by atoms with Crippen LogP contribution in [0.3, 0.4) is 0 Å². The molecule has 110 valence electrons. The fraction of sp³-hybridized carbons (Fsp3) is 0.429. The first-order valence-corrected chi connectivity index (χ1v) is 8.43. The lowest BCUT2D eigenvalue weighted by Gasteiger charge is -2.07. The minimum atomic E-state index is 0.423. The maximum Gasteiger partial charge on any atom is 0.296 e. The molecule has 0 fully saturated rings. The average Bonchev–Trinajstić information content (AvgIpc) is 2.87. The minimum Gasteiger partial charge on any atom is -0.464 e. The Labute approximate surface area is 128 Å². The van der Waals surface area contributed by atoms with Gasteiger partial charge < -0.3 is 10.5 Å². The van der Waals surface area contributed by atoms with Gasteiger partial charge in [-0.3, -0.25) is 0 Å². The van der Waals surface area contributed by atoms with E-state index >= 15 is 0 Å². The molecule has 0 aliphatic heterocycles. The molecule has 0 aromatic carbocycles. The molecule has 0 saturated heterocycles. The fourth-order valence-corrected chi connectivity index (χ4v) is 2.32. The maximum absolute atomic E-state index is 5.64. The first-order chi connectivity index (χ1) is 9.60. The zero-order valence-corrected chi connectivity index (χ0v) is 14.0. The van der Waals surface area contributed by atoms with Crippen molar-refractivity contribution < 1.29 is 4.74 Å². The summed E-state index contributed by atoms with van der Waals surface area (Å²) < 4.78 is 5.64. The molecule has 1 aromatic rings. The normalized spacial score (nSPS) is 13.7. The van der Waals surface area contributed by atoms with Gasteiger partial charge in [0.2, 0.25) is 5.13 Å². The van der Waals surface area contributed by atoms with Crippen LogP contribution >= 0.6 is 23.1 Å². The van der Waals surface area contributed by atoms with Crippen molar-refractivity contribution in [3.05, 3.63) is 34.3 Å². The Kier molecular flexibility index (Phi) is 7.40. The Bertz CT molecular complexity index is 518. The third-order valence-electron chi connectivity index (χ3n) is 2.82. The first-order valence-electron chi connectivity index (χ1n) is 6.39. The van der Waals surface area contributed by atoms with E-state index in [1.165, 1.54) is 21.8 Å². The fourth-order valence-electron chi connectivity index (χ4n) is 1.42. The summed E-state index contributed by atoms with van der Waals surface area (Å²) in [5, 5.41) is 8.53. The molecule has 0 aliphatic rings. The Balaban J connectivity index is 2.76. The van der Waals surface area contributed by atoms with Gasteiger partial charge in [-0.15, -0.1) is 16.9 Å². The summed E-state index contributed by atoms with van der Waals surface area (Å²) in [4.78, 5) is 1.23. The molecule has 0 atom stereocenters. The lowest BCUT2D eigenvalue weighted by atomic mass is 10.1. The molecule has 0 radical (unpaired) electrons. The lowest BCUT2D eigenvalue weighted by Crippen LogP contribution is -2.01. The summed E-state index contributed by atoms with van der Waals surface area (Å²) in [6, 6.07) is 0. The number of ether oxygens (including phenoxy) is 1.